The Kier molecular flexibility index (Phi) is 4.00. The Morgan fingerprint density at radius 1 is 1.36 bits per heavy atom. The van der Waals surface area contributed by atoms with Gasteiger partial charge in [-0.05, 0) is 6.08 Å². The molecule has 0 aromatic rings. The maximum atomic E-state index is 11.2. The maximum absolute atomic E-state index is 11.2. The van der Waals surface area contributed by atoms with Gasteiger partial charge >= 0.3 is 0 Å². The number of nitrogens with zero attached hydrogens (tertiary/aromatic N) is 2. The molecule has 0 heterocycles. The van der Waals surface area contributed by atoms with Crippen molar-refractivity contribution in [2.75, 3.05) is 27.4 Å². The van der Waals surface area contributed by atoms with Crippen LogP contribution in [0.2, 0.25) is 0 Å². The lowest BCUT2D eigenvalue weighted by atomic mass is 10.4. The van der Waals surface area contributed by atoms with Crippen LogP contribution in [-0.4, -0.2) is 45.0 Å². The molecule has 6 heteroatoms. The van der Waals surface area contributed by atoms with Crippen LogP contribution >= 0.6 is 0 Å². The molecule has 5 nitrogen and oxygen atoms in total. The molecule has 0 spiro atoms. The predicted octanol–water partition coefficient (Wildman–Crippen LogP) is -0.247. The lowest BCUT2D eigenvalue weighted by Gasteiger charge is -2.23. The van der Waals surface area contributed by atoms with E-state index in [4.69, 9.17) is 5.73 Å². The summed E-state index contributed by atoms with van der Waals surface area (Å²) in [6.07, 6.45) is 2.52. The second kappa shape index (κ2) is 4.36. The van der Waals surface area contributed by atoms with Crippen molar-refractivity contribution in [2.24, 2.45) is 5.73 Å². The van der Waals surface area contributed by atoms with Crippen molar-refractivity contribution in [3.05, 3.63) is 24.2 Å². The second-order valence-electron chi connectivity index (χ2n) is 3.10. The van der Waals surface area contributed by atoms with Gasteiger partial charge in [0.05, 0.1) is 12.0 Å². The molecule has 0 aliphatic carbocycles. The molecule has 0 aromatic carbocycles. The molecule has 0 fully saturated rings. The topological polar surface area (TPSA) is 66.6 Å². The standard InChI is InChI=1S/C8H17N3O2S/c1-6-7(8(9)10(2)3)11(4)14(5,12)13/h6H,1,9H2,2-5H3/b8-7+. The van der Waals surface area contributed by atoms with Crippen molar-refractivity contribution in [3.63, 3.8) is 0 Å². The fourth-order valence-corrected chi connectivity index (χ4v) is 1.33. The van der Waals surface area contributed by atoms with Gasteiger partial charge in [0.25, 0.3) is 0 Å². The van der Waals surface area contributed by atoms with Gasteiger partial charge in [-0.3, -0.25) is 4.31 Å². The van der Waals surface area contributed by atoms with Crippen LogP contribution in [0.1, 0.15) is 0 Å². The fraction of sp³-hybridized carbons (Fsp3) is 0.500. The van der Waals surface area contributed by atoms with E-state index < -0.39 is 10.0 Å². The zero-order valence-corrected chi connectivity index (χ0v) is 9.80. The lowest BCUT2D eigenvalue weighted by Crippen LogP contribution is -2.31. The highest BCUT2D eigenvalue weighted by Crippen LogP contribution is 2.11. The molecule has 0 amide bonds. The van der Waals surface area contributed by atoms with E-state index in [2.05, 4.69) is 6.58 Å². The average molecular weight is 219 g/mol. The molecule has 0 atom stereocenters. The van der Waals surface area contributed by atoms with Crippen molar-refractivity contribution in [1.29, 1.82) is 0 Å². The third-order valence-corrected chi connectivity index (χ3v) is 2.97. The minimum Gasteiger partial charge on any atom is -0.384 e. The summed E-state index contributed by atoms with van der Waals surface area (Å²) in [4.78, 5) is 1.62. The van der Waals surface area contributed by atoms with Gasteiger partial charge in [0.1, 0.15) is 5.82 Å². The maximum Gasteiger partial charge on any atom is 0.232 e. The molecular formula is C8H17N3O2S. The molecule has 14 heavy (non-hydrogen) atoms. The van der Waals surface area contributed by atoms with Crippen molar-refractivity contribution in [2.45, 2.75) is 0 Å². The van der Waals surface area contributed by atoms with Gasteiger partial charge in [-0.2, -0.15) is 0 Å². The zero-order chi connectivity index (χ0) is 11.5. The molecule has 82 valence electrons. The van der Waals surface area contributed by atoms with Gasteiger partial charge in [-0.15, -0.1) is 0 Å². The van der Waals surface area contributed by atoms with E-state index in [1.54, 1.807) is 19.0 Å². The summed E-state index contributed by atoms with van der Waals surface area (Å²) in [6.45, 7) is 3.53. The largest absolute Gasteiger partial charge is 0.384 e. The Bertz CT molecular complexity index is 344. The third-order valence-electron chi connectivity index (χ3n) is 1.77. The number of likely N-dealkylation sites (N-methyl/N-ethyl adjacent to an activating group) is 1. The number of hydrogen-bond donors (Lipinski definition) is 1. The van der Waals surface area contributed by atoms with Crippen LogP contribution in [0.25, 0.3) is 0 Å². The molecule has 0 rings (SSSR count). The Balaban J connectivity index is 5.31. The number of rotatable bonds is 4. The van der Waals surface area contributed by atoms with Gasteiger partial charge in [0.2, 0.25) is 10.0 Å². The molecule has 0 bridgehead atoms. The van der Waals surface area contributed by atoms with E-state index in [-0.39, 0.29) is 0 Å². The smallest absolute Gasteiger partial charge is 0.232 e. The number of sulfonamides is 1. The molecular weight excluding hydrogens is 202 g/mol. The Morgan fingerprint density at radius 3 is 2.00 bits per heavy atom. The summed E-state index contributed by atoms with van der Waals surface area (Å²) in [6, 6.07) is 0. The van der Waals surface area contributed by atoms with Gasteiger partial charge in [-0.1, -0.05) is 6.58 Å². The lowest BCUT2D eigenvalue weighted by molar-refractivity contribution is 0.470. The SMILES string of the molecule is C=C/C(=C(/N)N(C)C)N(C)S(C)(=O)=O. The van der Waals surface area contributed by atoms with E-state index in [0.29, 0.717) is 11.5 Å². The van der Waals surface area contributed by atoms with Gasteiger partial charge in [0, 0.05) is 21.1 Å². The van der Waals surface area contributed by atoms with Crippen LogP contribution in [0.3, 0.4) is 0 Å². The van der Waals surface area contributed by atoms with Crippen molar-refractivity contribution in [1.82, 2.24) is 9.21 Å². The van der Waals surface area contributed by atoms with Crippen LogP contribution in [0, 0.1) is 0 Å². The van der Waals surface area contributed by atoms with E-state index in [0.717, 1.165) is 10.6 Å². The average Bonchev–Trinajstić information content (AvgIpc) is 2.03. The zero-order valence-electron chi connectivity index (χ0n) is 8.98. The van der Waals surface area contributed by atoms with E-state index in [1.807, 2.05) is 0 Å². The summed E-state index contributed by atoms with van der Waals surface area (Å²) in [7, 11) is 1.60. The van der Waals surface area contributed by atoms with Crippen LogP contribution in [0.15, 0.2) is 24.2 Å². The van der Waals surface area contributed by atoms with Crippen molar-refractivity contribution >= 4 is 10.0 Å². The molecule has 0 aliphatic rings. The van der Waals surface area contributed by atoms with Crippen LogP contribution in [-0.2, 0) is 10.0 Å². The number of allylic oxidation sites excluding steroid dienone is 1. The Morgan fingerprint density at radius 2 is 1.79 bits per heavy atom. The predicted molar refractivity (Wildman–Crippen MR) is 57.7 cm³/mol. The Hall–Kier alpha value is -1.17. The minimum absolute atomic E-state index is 0.355. The van der Waals surface area contributed by atoms with Crippen molar-refractivity contribution < 1.29 is 8.42 Å². The molecule has 0 saturated heterocycles. The number of hydrogen-bond acceptors (Lipinski definition) is 4. The number of nitrogens with two attached hydrogens (primary N) is 1. The summed E-state index contributed by atoms with van der Waals surface area (Å²) in [5.41, 5.74) is 6.07. The first-order chi connectivity index (χ1) is 6.21. The summed E-state index contributed by atoms with van der Waals surface area (Å²) < 4.78 is 23.5. The van der Waals surface area contributed by atoms with Gasteiger partial charge < -0.3 is 10.6 Å². The molecule has 0 radical (unpaired) electrons. The van der Waals surface area contributed by atoms with E-state index in [9.17, 15) is 8.42 Å². The molecule has 2 N–H and O–H groups in total. The summed E-state index contributed by atoms with van der Waals surface area (Å²) in [5.74, 6) is 0.355. The molecule has 0 aromatic heterocycles. The summed E-state index contributed by atoms with van der Waals surface area (Å²) in [5, 5.41) is 0. The normalized spacial score (nSPS) is 13.1. The first kappa shape index (κ1) is 12.8. The minimum atomic E-state index is -3.30. The van der Waals surface area contributed by atoms with Gasteiger partial charge in [-0.25, -0.2) is 8.42 Å². The first-order valence-corrected chi connectivity index (χ1v) is 5.80. The third kappa shape index (κ3) is 2.95. The first-order valence-electron chi connectivity index (χ1n) is 3.95. The second-order valence-corrected chi connectivity index (χ2v) is 5.11. The highest BCUT2D eigenvalue weighted by atomic mass is 32.2. The molecule has 0 aliphatic heterocycles. The van der Waals surface area contributed by atoms with Crippen LogP contribution < -0.4 is 5.73 Å². The molecule has 0 saturated carbocycles. The van der Waals surface area contributed by atoms with E-state index >= 15 is 0 Å². The van der Waals surface area contributed by atoms with Gasteiger partial charge in [0.15, 0.2) is 0 Å². The highest BCUT2D eigenvalue weighted by Gasteiger charge is 2.15. The van der Waals surface area contributed by atoms with E-state index in [1.165, 1.54) is 13.1 Å². The highest BCUT2D eigenvalue weighted by molar-refractivity contribution is 7.88. The summed E-state index contributed by atoms with van der Waals surface area (Å²) >= 11 is 0. The fourth-order valence-electron chi connectivity index (χ4n) is 0.802. The quantitative estimate of drug-likeness (QED) is 0.662. The monoisotopic (exact) mass is 219 g/mol. The Labute approximate surface area is 85.5 Å². The molecule has 0 unspecified atom stereocenters. The van der Waals surface area contributed by atoms with Crippen LogP contribution in [0.4, 0.5) is 0 Å². The van der Waals surface area contributed by atoms with Crippen molar-refractivity contribution in [3.8, 4) is 0 Å². The van der Waals surface area contributed by atoms with Crippen LogP contribution in [0.5, 0.6) is 0 Å².